The van der Waals surface area contributed by atoms with Gasteiger partial charge in [0.1, 0.15) is 6.04 Å². The van der Waals surface area contributed by atoms with E-state index in [0.717, 1.165) is 38.5 Å². The fourth-order valence-electron chi connectivity index (χ4n) is 2.36. The summed E-state index contributed by atoms with van der Waals surface area (Å²) in [5, 5.41) is 14.7. The predicted octanol–water partition coefficient (Wildman–Crippen LogP) is 1.28. The molecule has 0 aromatic carbocycles. The first-order chi connectivity index (χ1) is 8.55. The van der Waals surface area contributed by atoms with E-state index in [-0.39, 0.29) is 5.91 Å². The number of carbonyl (C=O) groups is 2. The summed E-state index contributed by atoms with van der Waals surface area (Å²) in [5.74, 6) is -1.13. The molecule has 0 saturated carbocycles. The molecule has 5 nitrogen and oxygen atoms in total. The van der Waals surface area contributed by atoms with E-state index in [1.54, 1.807) is 0 Å². The summed E-state index contributed by atoms with van der Waals surface area (Å²) in [6.07, 6.45) is 5.57. The van der Waals surface area contributed by atoms with Gasteiger partial charge in [-0.05, 0) is 12.8 Å². The van der Waals surface area contributed by atoms with Crippen molar-refractivity contribution in [1.82, 2.24) is 10.6 Å². The van der Waals surface area contributed by atoms with Crippen molar-refractivity contribution in [3.8, 4) is 0 Å². The number of hydrogen-bond acceptors (Lipinski definition) is 3. The van der Waals surface area contributed by atoms with Crippen LogP contribution in [0.25, 0.3) is 0 Å². The van der Waals surface area contributed by atoms with Gasteiger partial charge in [0, 0.05) is 6.54 Å². The molecule has 1 heterocycles. The Balaban J connectivity index is 2.71. The van der Waals surface area contributed by atoms with E-state index in [1.165, 1.54) is 0 Å². The standard InChI is InChI=1S/C13H24N2O3/c1-3-5-7-13(8-6-4-2)12(18)15-10(9-14-13)11(16)17/h10,14H,3-9H2,1-2H3,(H,15,18)(H,16,17). The van der Waals surface area contributed by atoms with E-state index in [0.29, 0.717) is 6.54 Å². The van der Waals surface area contributed by atoms with E-state index in [1.807, 2.05) is 0 Å². The number of rotatable bonds is 7. The Hall–Kier alpha value is -1.10. The third kappa shape index (κ3) is 3.45. The second-order valence-electron chi connectivity index (χ2n) is 5.03. The molecule has 3 N–H and O–H groups in total. The van der Waals surface area contributed by atoms with Crippen molar-refractivity contribution in [3.05, 3.63) is 0 Å². The molecule has 0 aromatic heterocycles. The zero-order chi connectivity index (χ0) is 13.6. The summed E-state index contributed by atoms with van der Waals surface area (Å²) in [7, 11) is 0. The Morgan fingerprint density at radius 3 is 2.28 bits per heavy atom. The van der Waals surface area contributed by atoms with Gasteiger partial charge in [0.2, 0.25) is 5.91 Å². The second-order valence-corrected chi connectivity index (χ2v) is 5.03. The van der Waals surface area contributed by atoms with E-state index in [4.69, 9.17) is 5.11 Å². The first kappa shape index (κ1) is 15.0. The SMILES string of the molecule is CCCCC1(CCCC)NCC(C(=O)O)NC1=O. The van der Waals surface area contributed by atoms with Gasteiger partial charge in [0.25, 0.3) is 0 Å². The molecule has 1 saturated heterocycles. The molecule has 5 heteroatoms. The summed E-state index contributed by atoms with van der Waals surface area (Å²) in [5.41, 5.74) is -0.558. The predicted molar refractivity (Wildman–Crippen MR) is 69.4 cm³/mol. The Bertz CT molecular complexity index is 297. The first-order valence-corrected chi connectivity index (χ1v) is 6.84. The van der Waals surface area contributed by atoms with E-state index in [2.05, 4.69) is 24.5 Å². The van der Waals surface area contributed by atoms with Crippen molar-refractivity contribution in [2.75, 3.05) is 6.54 Å². The maximum Gasteiger partial charge on any atom is 0.327 e. The van der Waals surface area contributed by atoms with Crippen LogP contribution in [-0.4, -0.2) is 35.1 Å². The molecule has 0 aliphatic carbocycles. The summed E-state index contributed by atoms with van der Waals surface area (Å²) < 4.78 is 0. The maximum atomic E-state index is 12.2. The van der Waals surface area contributed by atoms with Gasteiger partial charge < -0.3 is 15.7 Å². The molecular weight excluding hydrogens is 232 g/mol. The molecule has 1 aliphatic rings. The average molecular weight is 256 g/mol. The summed E-state index contributed by atoms with van der Waals surface area (Å²) in [6.45, 7) is 4.50. The highest BCUT2D eigenvalue weighted by Crippen LogP contribution is 2.24. The van der Waals surface area contributed by atoms with Gasteiger partial charge in [0.15, 0.2) is 0 Å². The van der Waals surface area contributed by atoms with Crippen LogP contribution in [-0.2, 0) is 9.59 Å². The van der Waals surface area contributed by atoms with Crippen molar-refractivity contribution in [2.24, 2.45) is 0 Å². The quantitative estimate of drug-likeness (QED) is 0.641. The normalized spacial score (nSPS) is 22.6. The molecular formula is C13H24N2O3. The molecule has 0 bridgehead atoms. The van der Waals surface area contributed by atoms with Gasteiger partial charge in [-0.25, -0.2) is 4.79 Å². The van der Waals surface area contributed by atoms with Gasteiger partial charge in [-0.15, -0.1) is 0 Å². The second kappa shape index (κ2) is 6.73. The molecule has 1 unspecified atom stereocenters. The highest BCUT2D eigenvalue weighted by atomic mass is 16.4. The van der Waals surface area contributed by atoms with Gasteiger partial charge >= 0.3 is 5.97 Å². The Labute approximate surface area is 108 Å². The van der Waals surface area contributed by atoms with Crippen LogP contribution in [0.5, 0.6) is 0 Å². The first-order valence-electron chi connectivity index (χ1n) is 6.84. The van der Waals surface area contributed by atoms with Gasteiger partial charge in [-0.3, -0.25) is 4.79 Å². The molecule has 0 aromatic rings. The molecule has 1 atom stereocenters. The largest absolute Gasteiger partial charge is 0.480 e. The van der Waals surface area contributed by atoms with Gasteiger partial charge in [0.05, 0.1) is 5.54 Å². The summed E-state index contributed by atoms with van der Waals surface area (Å²) >= 11 is 0. The van der Waals surface area contributed by atoms with Crippen molar-refractivity contribution in [1.29, 1.82) is 0 Å². The Morgan fingerprint density at radius 2 is 1.89 bits per heavy atom. The van der Waals surface area contributed by atoms with Crippen LogP contribution in [0.2, 0.25) is 0 Å². The average Bonchev–Trinajstić information content (AvgIpc) is 2.36. The van der Waals surface area contributed by atoms with Crippen molar-refractivity contribution in [2.45, 2.75) is 64.0 Å². The van der Waals surface area contributed by atoms with E-state index >= 15 is 0 Å². The number of piperazine rings is 1. The molecule has 1 aliphatic heterocycles. The number of carboxylic acids is 1. The number of carboxylic acid groups (broad SMARTS) is 1. The number of nitrogens with one attached hydrogen (secondary N) is 2. The smallest absolute Gasteiger partial charge is 0.327 e. The third-order valence-corrected chi connectivity index (χ3v) is 3.60. The lowest BCUT2D eigenvalue weighted by Gasteiger charge is -2.39. The molecule has 1 amide bonds. The monoisotopic (exact) mass is 256 g/mol. The van der Waals surface area contributed by atoms with Gasteiger partial charge in [-0.1, -0.05) is 39.5 Å². The molecule has 0 radical (unpaired) electrons. The van der Waals surface area contributed by atoms with Gasteiger partial charge in [-0.2, -0.15) is 0 Å². The number of amides is 1. The van der Waals surface area contributed by atoms with Crippen LogP contribution >= 0.6 is 0 Å². The lowest BCUT2D eigenvalue weighted by molar-refractivity contribution is -0.145. The minimum Gasteiger partial charge on any atom is -0.480 e. The molecule has 1 fully saturated rings. The highest BCUT2D eigenvalue weighted by molar-refractivity contribution is 5.91. The number of aliphatic carboxylic acids is 1. The Morgan fingerprint density at radius 1 is 1.33 bits per heavy atom. The van der Waals surface area contributed by atoms with Crippen LogP contribution in [0.15, 0.2) is 0 Å². The van der Waals surface area contributed by atoms with Crippen molar-refractivity contribution < 1.29 is 14.7 Å². The molecule has 104 valence electrons. The lowest BCUT2D eigenvalue weighted by Crippen LogP contribution is -2.68. The zero-order valence-electron chi connectivity index (χ0n) is 11.3. The zero-order valence-corrected chi connectivity index (χ0v) is 11.3. The molecule has 18 heavy (non-hydrogen) atoms. The highest BCUT2D eigenvalue weighted by Gasteiger charge is 2.42. The summed E-state index contributed by atoms with van der Waals surface area (Å²) in [4.78, 5) is 23.1. The fraction of sp³-hybridized carbons (Fsp3) is 0.846. The number of carbonyl (C=O) groups excluding carboxylic acids is 1. The summed E-state index contributed by atoms with van der Waals surface area (Å²) in [6, 6.07) is -0.797. The van der Waals surface area contributed by atoms with Crippen LogP contribution in [0.3, 0.4) is 0 Å². The van der Waals surface area contributed by atoms with Crippen LogP contribution in [0.4, 0.5) is 0 Å². The number of hydrogen-bond donors (Lipinski definition) is 3. The topological polar surface area (TPSA) is 78.4 Å². The van der Waals surface area contributed by atoms with Crippen molar-refractivity contribution >= 4 is 11.9 Å². The lowest BCUT2D eigenvalue weighted by atomic mass is 9.84. The molecule has 0 spiro atoms. The van der Waals surface area contributed by atoms with Crippen LogP contribution < -0.4 is 10.6 Å². The van der Waals surface area contributed by atoms with Crippen molar-refractivity contribution in [3.63, 3.8) is 0 Å². The van der Waals surface area contributed by atoms with Crippen LogP contribution in [0, 0.1) is 0 Å². The maximum absolute atomic E-state index is 12.2. The number of unbranched alkanes of at least 4 members (excludes halogenated alkanes) is 2. The minimum atomic E-state index is -0.976. The minimum absolute atomic E-state index is 0.150. The third-order valence-electron chi connectivity index (χ3n) is 3.60. The van der Waals surface area contributed by atoms with E-state index < -0.39 is 17.6 Å². The Kier molecular flexibility index (Phi) is 5.59. The van der Waals surface area contributed by atoms with E-state index in [9.17, 15) is 9.59 Å². The molecule has 1 rings (SSSR count). The van der Waals surface area contributed by atoms with Crippen LogP contribution in [0.1, 0.15) is 52.4 Å². The fourth-order valence-corrected chi connectivity index (χ4v) is 2.36.